The molecule has 1 atom stereocenters. The van der Waals surface area contributed by atoms with Gasteiger partial charge < -0.3 is 29.1 Å². The number of fused-ring (bicyclic) bond motifs is 1. The van der Waals surface area contributed by atoms with Gasteiger partial charge in [-0.05, 0) is 30.3 Å². The maximum Gasteiger partial charge on any atom is 0.231 e. The normalized spacial score (nSPS) is 22.4. The van der Waals surface area contributed by atoms with Crippen LogP contribution in [0.25, 0.3) is 0 Å². The fraction of sp³-hybridized carbons (Fsp3) is 0.429. The highest BCUT2D eigenvalue weighted by molar-refractivity contribution is 5.44. The number of hydrogen-bond donors (Lipinski definition) is 3. The van der Waals surface area contributed by atoms with Gasteiger partial charge in [0.1, 0.15) is 57.7 Å². The van der Waals surface area contributed by atoms with Crippen LogP contribution in [-0.4, -0.2) is 57.3 Å². The zero-order chi connectivity index (χ0) is 18.5. The molecular formula is C21H28N2O4+2. The van der Waals surface area contributed by atoms with Crippen molar-refractivity contribution in [3.05, 3.63) is 54.1 Å². The van der Waals surface area contributed by atoms with Crippen molar-refractivity contribution in [2.75, 3.05) is 46.1 Å². The van der Waals surface area contributed by atoms with Crippen LogP contribution in [0, 0.1) is 0 Å². The molecule has 0 saturated carbocycles. The van der Waals surface area contributed by atoms with Crippen molar-refractivity contribution in [1.82, 2.24) is 0 Å². The van der Waals surface area contributed by atoms with Crippen molar-refractivity contribution in [3.63, 3.8) is 0 Å². The lowest BCUT2D eigenvalue weighted by Crippen LogP contribution is -3.28. The quantitative estimate of drug-likeness (QED) is 0.592. The van der Waals surface area contributed by atoms with Crippen LogP contribution in [0.2, 0.25) is 0 Å². The third-order valence-electron chi connectivity index (χ3n) is 5.27. The zero-order valence-electron chi connectivity index (χ0n) is 15.5. The first kappa shape index (κ1) is 18.1. The molecule has 6 heteroatoms. The third-order valence-corrected chi connectivity index (χ3v) is 5.27. The van der Waals surface area contributed by atoms with Crippen molar-refractivity contribution in [3.8, 4) is 17.2 Å². The second-order valence-electron chi connectivity index (χ2n) is 7.35. The van der Waals surface area contributed by atoms with Crippen molar-refractivity contribution < 1.29 is 29.1 Å². The van der Waals surface area contributed by atoms with E-state index in [1.807, 2.05) is 36.4 Å². The molecule has 0 spiro atoms. The smallest absolute Gasteiger partial charge is 0.231 e. The number of aliphatic hydroxyl groups is 1. The predicted octanol–water partition coefficient (Wildman–Crippen LogP) is -0.861. The Morgan fingerprint density at radius 3 is 2.48 bits per heavy atom. The first-order chi connectivity index (χ1) is 13.3. The standard InChI is InChI=1S/C21H26N2O4/c24-18(15-25-19-4-2-1-3-5-19)14-23-10-8-22(9-11-23)13-17-6-7-20-21(12-17)27-16-26-20/h1-7,12,18,24H,8-11,13-16H2/p+2/t18-/m1/s1. The van der Waals surface area contributed by atoms with Gasteiger partial charge in [-0.25, -0.2) is 0 Å². The summed E-state index contributed by atoms with van der Waals surface area (Å²) in [5, 5.41) is 10.3. The maximum absolute atomic E-state index is 10.3. The second-order valence-corrected chi connectivity index (χ2v) is 7.35. The molecule has 0 bridgehead atoms. The maximum atomic E-state index is 10.3. The van der Waals surface area contributed by atoms with Crippen LogP contribution in [0.4, 0.5) is 0 Å². The molecule has 4 rings (SSSR count). The van der Waals surface area contributed by atoms with E-state index < -0.39 is 6.10 Å². The molecule has 0 amide bonds. The largest absolute Gasteiger partial charge is 0.491 e. The highest BCUT2D eigenvalue weighted by Gasteiger charge is 2.25. The van der Waals surface area contributed by atoms with Gasteiger partial charge in [0.25, 0.3) is 0 Å². The van der Waals surface area contributed by atoms with E-state index >= 15 is 0 Å². The number of nitrogens with one attached hydrogen (secondary N) is 2. The van der Waals surface area contributed by atoms with Crippen LogP contribution in [-0.2, 0) is 6.54 Å². The first-order valence-corrected chi connectivity index (χ1v) is 9.68. The molecule has 0 radical (unpaired) electrons. The number of aliphatic hydroxyl groups excluding tert-OH is 1. The number of quaternary nitrogens is 2. The molecule has 0 unspecified atom stereocenters. The highest BCUT2D eigenvalue weighted by Crippen LogP contribution is 2.32. The molecule has 0 aliphatic carbocycles. The van der Waals surface area contributed by atoms with Gasteiger partial charge in [-0.2, -0.15) is 0 Å². The molecule has 2 aliphatic heterocycles. The lowest BCUT2D eigenvalue weighted by Gasteiger charge is -2.30. The summed E-state index contributed by atoms with van der Waals surface area (Å²) < 4.78 is 16.5. The molecule has 27 heavy (non-hydrogen) atoms. The van der Waals surface area contributed by atoms with Crippen LogP contribution < -0.4 is 24.0 Å². The average molecular weight is 372 g/mol. The minimum Gasteiger partial charge on any atom is -0.491 e. The van der Waals surface area contributed by atoms with E-state index in [1.165, 1.54) is 10.5 Å². The van der Waals surface area contributed by atoms with Gasteiger partial charge >= 0.3 is 0 Å². The fourth-order valence-corrected chi connectivity index (χ4v) is 3.78. The number of ether oxygens (including phenoxy) is 3. The van der Waals surface area contributed by atoms with Crippen LogP contribution in [0.15, 0.2) is 48.5 Å². The second kappa shape index (κ2) is 8.61. The Hall–Kier alpha value is -2.28. The molecule has 1 saturated heterocycles. The highest BCUT2D eigenvalue weighted by atomic mass is 16.7. The Balaban J connectivity index is 1.18. The predicted molar refractivity (Wildman–Crippen MR) is 100 cm³/mol. The summed E-state index contributed by atoms with van der Waals surface area (Å²) in [6.45, 7) is 6.77. The topological polar surface area (TPSA) is 56.8 Å². The van der Waals surface area contributed by atoms with Gasteiger partial charge in [-0.15, -0.1) is 0 Å². The number of piperazine rings is 1. The summed E-state index contributed by atoms with van der Waals surface area (Å²) >= 11 is 0. The van der Waals surface area contributed by atoms with Crippen LogP contribution in [0.5, 0.6) is 17.2 Å². The number of hydrogen-bond acceptors (Lipinski definition) is 4. The molecule has 3 N–H and O–H groups in total. The van der Waals surface area contributed by atoms with Crippen molar-refractivity contribution >= 4 is 0 Å². The summed E-state index contributed by atoms with van der Waals surface area (Å²) in [6, 6.07) is 15.9. The van der Waals surface area contributed by atoms with E-state index in [1.54, 1.807) is 4.90 Å². The molecule has 2 aromatic carbocycles. The number of para-hydroxylation sites is 1. The van der Waals surface area contributed by atoms with Crippen molar-refractivity contribution in [2.45, 2.75) is 12.6 Å². The molecule has 2 aliphatic rings. The van der Waals surface area contributed by atoms with Gasteiger partial charge in [0, 0.05) is 5.56 Å². The van der Waals surface area contributed by atoms with Gasteiger partial charge in [0.15, 0.2) is 11.5 Å². The van der Waals surface area contributed by atoms with Crippen LogP contribution >= 0.6 is 0 Å². The van der Waals surface area contributed by atoms with Gasteiger partial charge in [0.2, 0.25) is 6.79 Å². The van der Waals surface area contributed by atoms with Crippen LogP contribution in [0.3, 0.4) is 0 Å². The lowest BCUT2D eigenvalue weighted by molar-refractivity contribution is -1.02. The van der Waals surface area contributed by atoms with Gasteiger partial charge in [-0.1, -0.05) is 18.2 Å². The van der Waals surface area contributed by atoms with Crippen molar-refractivity contribution in [1.29, 1.82) is 0 Å². The summed E-state index contributed by atoms with van der Waals surface area (Å²) in [4.78, 5) is 3.03. The minimum atomic E-state index is -0.435. The Bertz CT molecular complexity index is 732. The summed E-state index contributed by atoms with van der Waals surface area (Å²) in [5.41, 5.74) is 1.29. The van der Waals surface area contributed by atoms with Crippen molar-refractivity contribution in [2.24, 2.45) is 0 Å². The molecule has 2 aromatic rings. The molecular weight excluding hydrogens is 344 g/mol. The summed E-state index contributed by atoms with van der Waals surface area (Å²) in [6.07, 6.45) is -0.435. The minimum absolute atomic E-state index is 0.323. The monoisotopic (exact) mass is 372 g/mol. The number of rotatable bonds is 7. The Morgan fingerprint density at radius 1 is 0.926 bits per heavy atom. The summed E-state index contributed by atoms with van der Waals surface area (Å²) in [5.74, 6) is 2.51. The SMILES string of the molecule is O[C@@H](COc1ccccc1)C[NH+]1CC[NH+](Cc2ccc3c(c2)OCO3)CC1. The van der Waals surface area contributed by atoms with E-state index in [0.29, 0.717) is 13.4 Å². The van der Waals surface area contributed by atoms with E-state index in [0.717, 1.165) is 56.5 Å². The molecule has 2 heterocycles. The molecule has 6 nitrogen and oxygen atoms in total. The Morgan fingerprint density at radius 2 is 1.67 bits per heavy atom. The lowest BCUT2D eigenvalue weighted by atomic mass is 10.1. The van der Waals surface area contributed by atoms with Gasteiger partial charge in [0.05, 0.1) is 0 Å². The molecule has 0 aromatic heterocycles. The molecule has 1 fully saturated rings. The average Bonchev–Trinajstić information content (AvgIpc) is 3.17. The summed E-state index contributed by atoms with van der Waals surface area (Å²) in [7, 11) is 0. The van der Waals surface area contributed by atoms with Crippen LogP contribution in [0.1, 0.15) is 5.56 Å². The van der Waals surface area contributed by atoms with E-state index in [2.05, 4.69) is 12.1 Å². The van der Waals surface area contributed by atoms with E-state index in [4.69, 9.17) is 14.2 Å². The Kier molecular flexibility index (Phi) is 5.77. The molecule has 144 valence electrons. The fourth-order valence-electron chi connectivity index (χ4n) is 3.78. The number of benzene rings is 2. The third kappa shape index (κ3) is 4.91. The van der Waals surface area contributed by atoms with Gasteiger partial charge in [-0.3, -0.25) is 0 Å². The Labute approximate surface area is 159 Å². The van der Waals surface area contributed by atoms with E-state index in [9.17, 15) is 5.11 Å². The zero-order valence-corrected chi connectivity index (χ0v) is 15.5. The first-order valence-electron chi connectivity index (χ1n) is 9.68. The van der Waals surface area contributed by atoms with E-state index in [-0.39, 0.29) is 0 Å².